The number of carbonyl (C=O) groups excluding carboxylic acids is 1. The number of hydrogen-bond donors (Lipinski definition) is 3. The molecule has 0 aliphatic carbocycles. The van der Waals surface area contributed by atoms with Crippen molar-refractivity contribution in [3.63, 3.8) is 0 Å². The van der Waals surface area contributed by atoms with Crippen molar-refractivity contribution < 1.29 is 13.9 Å². The second kappa shape index (κ2) is 8.30. The minimum atomic E-state index is -0.552. The number of ether oxygens (including phenoxy) is 1. The molecule has 0 atom stereocenters. The molecule has 0 saturated heterocycles. The van der Waals surface area contributed by atoms with Crippen LogP contribution in [0.3, 0.4) is 0 Å². The van der Waals surface area contributed by atoms with Gasteiger partial charge < -0.3 is 21.5 Å². The minimum absolute atomic E-state index is 0. The summed E-state index contributed by atoms with van der Waals surface area (Å²) in [5, 5.41) is 4.63. The summed E-state index contributed by atoms with van der Waals surface area (Å²) >= 11 is 1.22. The first-order valence-electron chi connectivity index (χ1n) is 6.15. The fraction of sp³-hybridized carbons (Fsp3) is 0.154. The molecule has 1 aromatic heterocycles. The number of aliphatic imine (C=N–C) groups is 1. The maximum Gasteiger partial charge on any atom is 0.230 e. The van der Waals surface area contributed by atoms with E-state index in [0.717, 1.165) is 0 Å². The zero-order valence-electron chi connectivity index (χ0n) is 12.1. The number of anilines is 1. The fourth-order valence-corrected chi connectivity index (χ4v) is 2.36. The van der Waals surface area contributed by atoms with Gasteiger partial charge in [0.2, 0.25) is 11.0 Å². The van der Waals surface area contributed by atoms with E-state index in [2.05, 4.69) is 15.3 Å². The van der Waals surface area contributed by atoms with Crippen molar-refractivity contribution in [2.24, 2.45) is 16.5 Å². The number of nitrogens with two attached hydrogens (primary N) is 2. The summed E-state index contributed by atoms with van der Waals surface area (Å²) in [4.78, 5) is 19.8. The molecule has 5 N–H and O–H groups in total. The largest absolute Gasteiger partial charge is 0.494 e. The van der Waals surface area contributed by atoms with Crippen molar-refractivity contribution in [2.45, 2.75) is 6.42 Å². The van der Waals surface area contributed by atoms with Gasteiger partial charge in [-0.2, -0.15) is 4.99 Å². The summed E-state index contributed by atoms with van der Waals surface area (Å²) < 4.78 is 18.3. The summed E-state index contributed by atoms with van der Waals surface area (Å²) in [6, 6.07) is 4.17. The second-order valence-electron chi connectivity index (χ2n) is 4.23. The van der Waals surface area contributed by atoms with Gasteiger partial charge in [0.25, 0.3) is 0 Å². The van der Waals surface area contributed by atoms with Gasteiger partial charge in [-0.05, 0) is 12.1 Å². The maximum atomic E-state index is 13.5. The zero-order valence-corrected chi connectivity index (χ0v) is 13.7. The van der Waals surface area contributed by atoms with Gasteiger partial charge in [0.15, 0.2) is 17.5 Å². The number of methoxy groups -OCH3 is 1. The third kappa shape index (κ3) is 5.38. The van der Waals surface area contributed by atoms with Crippen LogP contribution in [0.5, 0.6) is 5.75 Å². The van der Waals surface area contributed by atoms with E-state index in [0.29, 0.717) is 16.5 Å². The number of amides is 1. The molecule has 2 aromatic rings. The van der Waals surface area contributed by atoms with Gasteiger partial charge in [0.05, 0.1) is 19.2 Å². The van der Waals surface area contributed by atoms with Gasteiger partial charge in [-0.25, -0.2) is 9.37 Å². The first-order chi connectivity index (χ1) is 10.5. The molecule has 1 amide bonds. The lowest BCUT2D eigenvalue weighted by Crippen LogP contribution is -2.21. The van der Waals surface area contributed by atoms with Crippen molar-refractivity contribution in [2.75, 3.05) is 12.4 Å². The molecule has 0 aliphatic rings. The van der Waals surface area contributed by atoms with Crippen LogP contribution in [0.1, 0.15) is 5.69 Å². The van der Waals surface area contributed by atoms with Crippen LogP contribution in [0.4, 0.5) is 15.2 Å². The number of hydrogen-bond acceptors (Lipinski definition) is 5. The van der Waals surface area contributed by atoms with E-state index in [-0.39, 0.29) is 36.4 Å². The van der Waals surface area contributed by atoms with Gasteiger partial charge in [-0.1, -0.05) is 0 Å². The number of carbonyl (C=O) groups is 1. The lowest BCUT2D eigenvalue weighted by Gasteiger charge is -2.06. The molecule has 0 radical (unpaired) electrons. The highest BCUT2D eigenvalue weighted by atomic mass is 35.5. The molecular formula is C13H15ClFN5O2S. The van der Waals surface area contributed by atoms with Crippen LogP contribution < -0.4 is 21.5 Å². The Morgan fingerprint density at radius 1 is 1.48 bits per heavy atom. The van der Waals surface area contributed by atoms with E-state index in [9.17, 15) is 9.18 Å². The van der Waals surface area contributed by atoms with Crippen molar-refractivity contribution in [1.82, 2.24) is 4.98 Å². The smallest absolute Gasteiger partial charge is 0.230 e. The van der Waals surface area contributed by atoms with Crippen LogP contribution in [0.25, 0.3) is 0 Å². The number of benzene rings is 1. The normalized spacial score (nSPS) is 9.65. The average molecular weight is 360 g/mol. The van der Waals surface area contributed by atoms with Crippen LogP contribution in [0, 0.1) is 5.82 Å². The number of nitrogens with zero attached hydrogens (tertiary/aromatic N) is 2. The van der Waals surface area contributed by atoms with Gasteiger partial charge in [-0.3, -0.25) is 4.79 Å². The first-order valence-corrected chi connectivity index (χ1v) is 7.03. The summed E-state index contributed by atoms with van der Waals surface area (Å²) in [6.07, 6.45) is 0.0319. The molecule has 1 heterocycles. The number of aromatic nitrogens is 1. The van der Waals surface area contributed by atoms with E-state index >= 15 is 0 Å². The number of rotatable bonds is 5. The molecule has 10 heteroatoms. The summed E-state index contributed by atoms with van der Waals surface area (Å²) in [7, 11) is 1.37. The molecule has 23 heavy (non-hydrogen) atoms. The molecule has 2 rings (SSSR count). The standard InChI is InChI=1S/C13H14FN5O2S.ClH/c1-21-10-3-2-7(4-9(10)14)17-11(20)5-8-6-22-13(18-8)19-12(15)16;/h2-4,6H,5H2,1H3,(H,17,20)(H4,15,16,18,19);1H. The number of thiazole rings is 1. The highest BCUT2D eigenvalue weighted by molar-refractivity contribution is 7.13. The summed E-state index contributed by atoms with van der Waals surface area (Å²) in [5.74, 6) is -0.867. The van der Waals surface area contributed by atoms with E-state index in [1.807, 2.05) is 0 Å². The third-order valence-corrected chi connectivity index (χ3v) is 3.32. The van der Waals surface area contributed by atoms with Crippen LogP contribution in [-0.2, 0) is 11.2 Å². The number of guanidine groups is 1. The molecule has 1 aromatic carbocycles. The molecule has 0 fully saturated rings. The lowest BCUT2D eigenvalue weighted by molar-refractivity contribution is -0.115. The Hall–Kier alpha value is -2.39. The van der Waals surface area contributed by atoms with Crippen molar-refractivity contribution >= 4 is 46.4 Å². The molecular weight excluding hydrogens is 345 g/mol. The SMILES string of the molecule is COc1ccc(NC(=O)Cc2csc(N=C(N)N)n2)cc1F.Cl. The number of nitrogens with one attached hydrogen (secondary N) is 1. The first kappa shape index (κ1) is 18.7. The van der Waals surface area contributed by atoms with Crippen molar-refractivity contribution in [3.05, 3.63) is 35.1 Å². The third-order valence-electron chi connectivity index (χ3n) is 2.54. The molecule has 124 valence electrons. The summed E-state index contributed by atoms with van der Waals surface area (Å²) in [6.45, 7) is 0. The Balaban J connectivity index is 0.00000264. The van der Waals surface area contributed by atoms with Gasteiger partial charge in [-0.15, -0.1) is 23.7 Å². The Morgan fingerprint density at radius 2 is 2.22 bits per heavy atom. The van der Waals surface area contributed by atoms with Crippen LogP contribution in [0.15, 0.2) is 28.6 Å². The molecule has 0 bridgehead atoms. The number of halogens is 2. The average Bonchev–Trinajstić information content (AvgIpc) is 2.85. The second-order valence-corrected chi connectivity index (χ2v) is 5.07. The summed E-state index contributed by atoms with van der Waals surface area (Å²) in [5.41, 5.74) is 11.3. The predicted octanol–water partition coefficient (Wildman–Crippen LogP) is 1.80. The quantitative estimate of drug-likeness (QED) is 0.556. The van der Waals surface area contributed by atoms with E-state index < -0.39 is 5.82 Å². The van der Waals surface area contributed by atoms with Crippen molar-refractivity contribution in [3.8, 4) is 5.75 Å². The van der Waals surface area contributed by atoms with Gasteiger partial charge >= 0.3 is 0 Å². The Morgan fingerprint density at radius 3 is 2.83 bits per heavy atom. The van der Waals surface area contributed by atoms with E-state index in [1.165, 1.54) is 30.6 Å². The predicted molar refractivity (Wildman–Crippen MR) is 90.1 cm³/mol. The zero-order chi connectivity index (χ0) is 16.1. The van der Waals surface area contributed by atoms with E-state index in [1.54, 1.807) is 11.4 Å². The highest BCUT2D eigenvalue weighted by Gasteiger charge is 2.10. The Bertz CT molecular complexity index is 718. The highest BCUT2D eigenvalue weighted by Crippen LogP contribution is 2.21. The van der Waals surface area contributed by atoms with Gasteiger partial charge in [0, 0.05) is 17.1 Å². The molecule has 0 unspecified atom stereocenters. The lowest BCUT2D eigenvalue weighted by atomic mass is 10.2. The van der Waals surface area contributed by atoms with Crippen LogP contribution in [0.2, 0.25) is 0 Å². The minimum Gasteiger partial charge on any atom is -0.494 e. The van der Waals surface area contributed by atoms with Crippen LogP contribution in [-0.4, -0.2) is 24.0 Å². The Labute approximate surface area is 142 Å². The van der Waals surface area contributed by atoms with Gasteiger partial charge in [0.1, 0.15) is 0 Å². The molecule has 0 spiro atoms. The fourth-order valence-electron chi connectivity index (χ4n) is 1.65. The van der Waals surface area contributed by atoms with Crippen LogP contribution >= 0.6 is 23.7 Å². The topological polar surface area (TPSA) is 116 Å². The Kier molecular flexibility index (Phi) is 6.73. The monoisotopic (exact) mass is 359 g/mol. The maximum absolute atomic E-state index is 13.5. The van der Waals surface area contributed by atoms with E-state index in [4.69, 9.17) is 16.2 Å². The molecule has 0 saturated carbocycles. The van der Waals surface area contributed by atoms with Crippen molar-refractivity contribution in [1.29, 1.82) is 0 Å². The molecule has 7 nitrogen and oxygen atoms in total. The molecule has 0 aliphatic heterocycles.